The van der Waals surface area contributed by atoms with Gasteiger partial charge in [0.15, 0.2) is 5.43 Å². The quantitative estimate of drug-likeness (QED) is 0.778. The second-order valence-corrected chi connectivity index (χ2v) is 5.61. The Balaban J connectivity index is 1.85. The fourth-order valence-electron chi connectivity index (χ4n) is 2.79. The zero-order chi connectivity index (χ0) is 15.7. The molecule has 0 unspecified atom stereocenters. The third-order valence-corrected chi connectivity index (χ3v) is 4.02. The Morgan fingerprint density at radius 1 is 1.09 bits per heavy atom. The van der Waals surface area contributed by atoms with E-state index >= 15 is 0 Å². The van der Waals surface area contributed by atoms with Crippen LogP contribution >= 0.6 is 0 Å². The van der Waals surface area contributed by atoms with Gasteiger partial charge in [0.2, 0.25) is 0 Å². The molecule has 0 amide bonds. The molecule has 5 heteroatoms. The van der Waals surface area contributed by atoms with Crippen molar-refractivity contribution in [2.24, 2.45) is 0 Å². The van der Waals surface area contributed by atoms with Crippen LogP contribution < -0.4 is 5.43 Å². The normalized spacial score (nSPS) is 24.0. The molecule has 0 saturated heterocycles. The van der Waals surface area contributed by atoms with E-state index in [1.165, 1.54) is 6.07 Å². The summed E-state index contributed by atoms with van der Waals surface area (Å²) >= 11 is 0. The standard InChI is InChI=1S/C17H18O5/c18-12-8-11(7-6-10-4-2-1-3-5-10)22-14-9-13(19)16(20)17(21)15(12)14/h1-5,8,13,16-17,19-21H,6-7,9H2/t13-,16+,17-/m0/s1. The Bertz CT molecular complexity index is 707. The van der Waals surface area contributed by atoms with Gasteiger partial charge in [0.05, 0.1) is 11.7 Å². The monoisotopic (exact) mass is 302 g/mol. The molecule has 1 aliphatic rings. The smallest absolute Gasteiger partial charge is 0.191 e. The van der Waals surface area contributed by atoms with Crippen LogP contribution in [0.2, 0.25) is 0 Å². The first-order valence-corrected chi connectivity index (χ1v) is 7.30. The Morgan fingerprint density at radius 2 is 1.82 bits per heavy atom. The zero-order valence-corrected chi connectivity index (χ0v) is 12.0. The zero-order valence-electron chi connectivity index (χ0n) is 12.0. The predicted molar refractivity (Wildman–Crippen MR) is 79.5 cm³/mol. The van der Waals surface area contributed by atoms with Crippen LogP contribution in [0.5, 0.6) is 0 Å². The van der Waals surface area contributed by atoms with Crippen molar-refractivity contribution in [3.8, 4) is 0 Å². The van der Waals surface area contributed by atoms with Crippen molar-refractivity contribution in [1.29, 1.82) is 0 Å². The van der Waals surface area contributed by atoms with Gasteiger partial charge < -0.3 is 19.7 Å². The minimum Gasteiger partial charge on any atom is -0.465 e. The molecule has 22 heavy (non-hydrogen) atoms. The Kier molecular flexibility index (Phi) is 4.11. The first-order valence-electron chi connectivity index (χ1n) is 7.30. The van der Waals surface area contributed by atoms with Crippen molar-refractivity contribution in [2.45, 2.75) is 37.6 Å². The lowest BCUT2D eigenvalue weighted by molar-refractivity contribution is -0.0732. The van der Waals surface area contributed by atoms with Gasteiger partial charge in [-0.05, 0) is 12.0 Å². The molecule has 5 nitrogen and oxygen atoms in total. The van der Waals surface area contributed by atoms with Gasteiger partial charge in [-0.3, -0.25) is 4.79 Å². The van der Waals surface area contributed by atoms with Crippen LogP contribution in [0.3, 0.4) is 0 Å². The number of hydrogen-bond donors (Lipinski definition) is 3. The van der Waals surface area contributed by atoms with Crippen molar-refractivity contribution in [1.82, 2.24) is 0 Å². The molecule has 0 saturated carbocycles. The third-order valence-electron chi connectivity index (χ3n) is 4.02. The van der Waals surface area contributed by atoms with Crippen LogP contribution in [0.25, 0.3) is 0 Å². The van der Waals surface area contributed by atoms with E-state index in [0.717, 1.165) is 12.0 Å². The van der Waals surface area contributed by atoms with E-state index in [1.54, 1.807) is 0 Å². The number of fused-ring (bicyclic) bond motifs is 1. The summed E-state index contributed by atoms with van der Waals surface area (Å²) in [6.07, 6.45) is -2.57. The SMILES string of the molecule is O=c1cc(CCc2ccccc2)oc2c1[C@H](O)[C@H](O)[C@@H](O)C2. The minimum atomic E-state index is -1.40. The topological polar surface area (TPSA) is 90.9 Å². The Labute approximate surface area is 127 Å². The maximum Gasteiger partial charge on any atom is 0.191 e. The molecular formula is C17H18O5. The summed E-state index contributed by atoms with van der Waals surface area (Å²) in [5, 5.41) is 29.3. The molecule has 2 aromatic rings. The van der Waals surface area contributed by atoms with Crippen molar-refractivity contribution in [2.75, 3.05) is 0 Å². The van der Waals surface area contributed by atoms with E-state index in [4.69, 9.17) is 4.42 Å². The number of aliphatic hydroxyl groups is 3. The number of rotatable bonds is 3. The summed E-state index contributed by atoms with van der Waals surface area (Å²) in [6.45, 7) is 0. The van der Waals surface area contributed by atoms with Crippen molar-refractivity contribution in [3.05, 3.63) is 69.3 Å². The van der Waals surface area contributed by atoms with Crippen LogP contribution in [-0.4, -0.2) is 27.5 Å². The molecule has 1 aliphatic carbocycles. The minimum absolute atomic E-state index is 0.0297. The van der Waals surface area contributed by atoms with E-state index in [2.05, 4.69) is 0 Å². The Hall–Kier alpha value is -1.95. The first kappa shape index (κ1) is 15.0. The number of aryl methyl sites for hydroxylation is 2. The highest BCUT2D eigenvalue weighted by Gasteiger charge is 2.36. The summed E-state index contributed by atoms with van der Waals surface area (Å²) in [6, 6.07) is 11.2. The molecule has 0 radical (unpaired) electrons. The average molecular weight is 302 g/mol. The van der Waals surface area contributed by atoms with Crippen LogP contribution in [0, 0.1) is 0 Å². The number of aliphatic hydroxyl groups excluding tert-OH is 3. The van der Waals surface area contributed by atoms with Crippen LogP contribution in [0.1, 0.15) is 28.8 Å². The molecule has 1 heterocycles. The fourth-order valence-corrected chi connectivity index (χ4v) is 2.79. The largest absolute Gasteiger partial charge is 0.465 e. The highest BCUT2D eigenvalue weighted by Crippen LogP contribution is 2.28. The van der Waals surface area contributed by atoms with Crippen LogP contribution in [-0.2, 0) is 19.3 Å². The fraction of sp³-hybridized carbons (Fsp3) is 0.353. The highest BCUT2D eigenvalue weighted by molar-refractivity contribution is 5.28. The van der Waals surface area contributed by atoms with Gasteiger partial charge in [-0.25, -0.2) is 0 Å². The molecule has 0 aliphatic heterocycles. The lowest BCUT2D eigenvalue weighted by atomic mass is 9.89. The van der Waals surface area contributed by atoms with Gasteiger partial charge in [0.25, 0.3) is 0 Å². The molecule has 3 N–H and O–H groups in total. The number of benzene rings is 1. The van der Waals surface area contributed by atoms with Crippen LogP contribution in [0.15, 0.2) is 45.6 Å². The second-order valence-electron chi connectivity index (χ2n) is 5.61. The highest BCUT2D eigenvalue weighted by atomic mass is 16.4. The average Bonchev–Trinajstić information content (AvgIpc) is 2.51. The molecule has 3 rings (SSSR count). The summed E-state index contributed by atoms with van der Waals surface area (Å²) < 4.78 is 5.66. The van der Waals surface area contributed by atoms with Crippen molar-refractivity contribution < 1.29 is 19.7 Å². The lowest BCUT2D eigenvalue weighted by Gasteiger charge is -2.29. The molecule has 1 aromatic carbocycles. The molecule has 3 atom stereocenters. The summed E-state index contributed by atoms with van der Waals surface area (Å²) in [5.74, 6) is 0.782. The van der Waals surface area contributed by atoms with Gasteiger partial charge in [-0.2, -0.15) is 0 Å². The van der Waals surface area contributed by atoms with Crippen molar-refractivity contribution >= 4 is 0 Å². The summed E-state index contributed by atoms with van der Waals surface area (Å²) in [5.41, 5.74) is 0.836. The van der Waals surface area contributed by atoms with Crippen molar-refractivity contribution in [3.63, 3.8) is 0 Å². The van der Waals surface area contributed by atoms with Gasteiger partial charge in [0, 0.05) is 18.9 Å². The van der Waals surface area contributed by atoms with Gasteiger partial charge in [-0.1, -0.05) is 30.3 Å². The van der Waals surface area contributed by atoms with E-state index in [9.17, 15) is 20.1 Å². The van der Waals surface area contributed by atoms with Crippen LogP contribution in [0.4, 0.5) is 0 Å². The van der Waals surface area contributed by atoms with Gasteiger partial charge >= 0.3 is 0 Å². The molecule has 0 bridgehead atoms. The second kappa shape index (κ2) is 6.04. The molecule has 1 aromatic heterocycles. The van der Waals surface area contributed by atoms with Gasteiger partial charge in [0.1, 0.15) is 23.7 Å². The lowest BCUT2D eigenvalue weighted by Crippen LogP contribution is -2.41. The molecule has 116 valence electrons. The summed E-state index contributed by atoms with van der Waals surface area (Å²) in [7, 11) is 0. The predicted octanol–water partition coefficient (Wildman–Crippen LogP) is 0.736. The molecular weight excluding hydrogens is 284 g/mol. The van der Waals surface area contributed by atoms with E-state index in [1.807, 2.05) is 30.3 Å². The summed E-state index contributed by atoms with van der Waals surface area (Å²) in [4.78, 5) is 12.1. The number of hydrogen-bond acceptors (Lipinski definition) is 5. The Morgan fingerprint density at radius 3 is 2.55 bits per heavy atom. The molecule has 0 fully saturated rings. The molecule has 0 spiro atoms. The first-order chi connectivity index (χ1) is 10.6. The van der Waals surface area contributed by atoms with Gasteiger partial charge in [-0.15, -0.1) is 0 Å². The van der Waals surface area contributed by atoms with E-state index < -0.39 is 18.3 Å². The third kappa shape index (κ3) is 2.83. The maximum atomic E-state index is 12.1. The maximum absolute atomic E-state index is 12.1. The van der Waals surface area contributed by atoms with E-state index in [0.29, 0.717) is 12.2 Å². The van der Waals surface area contributed by atoms with E-state index in [-0.39, 0.29) is 23.2 Å².